The molecule has 2 aliphatic carbocycles. The van der Waals surface area contributed by atoms with Gasteiger partial charge in [-0.2, -0.15) is 5.10 Å². The number of fused-ring (bicyclic) bond motifs is 1. The van der Waals surface area contributed by atoms with Gasteiger partial charge >= 0.3 is 0 Å². The van der Waals surface area contributed by atoms with Crippen molar-refractivity contribution in [2.75, 3.05) is 0 Å². The molecule has 2 N–H and O–H groups in total. The molecule has 0 aromatic carbocycles. The molecule has 2 heterocycles. The number of carbonyl (C=O) groups excluding carboxylic acids is 2. The maximum Gasteiger partial charge on any atom is 0.246 e. The fourth-order valence-electron chi connectivity index (χ4n) is 3.61. The molecule has 2 aromatic heterocycles. The molecule has 0 saturated carbocycles. The van der Waals surface area contributed by atoms with Crippen molar-refractivity contribution in [3.63, 3.8) is 0 Å². The van der Waals surface area contributed by atoms with Crippen LogP contribution in [0.1, 0.15) is 38.4 Å². The largest absolute Gasteiger partial charge is 0.352 e. The van der Waals surface area contributed by atoms with E-state index in [4.69, 9.17) is 0 Å². The Kier molecular flexibility index (Phi) is 5.50. The molecule has 4 rings (SSSR count). The molecule has 2 atom stereocenters. The average molecular weight is 392 g/mol. The molecule has 0 spiro atoms. The second-order valence-electron chi connectivity index (χ2n) is 7.58. The maximum absolute atomic E-state index is 12.5. The quantitative estimate of drug-likeness (QED) is 0.733. The molecule has 29 heavy (non-hydrogen) atoms. The molecule has 2 aromatic rings. The zero-order valence-electron chi connectivity index (χ0n) is 16.3. The standard InChI is InChI=1S/C21H24N6O2/c1-14-5-7-15(8-6-14)20-22-10-16-11-24-27(21(16)26-20)12-19(29)25-18-4-2-3-17(9-18)23-13-28/h2,4,7,9-11,13-14,17H,3,5-6,8,12H2,1H3,(H,23,28)(H,25,29). The van der Waals surface area contributed by atoms with Gasteiger partial charge in [0.05, 0.1) is 17.6 Å². The molecule has 0 bridgehead atoms. The summed E-state index contributed by atoms with van der Waals surface area (Å²) < 4.78 is 1.59. The van der Waals surface area contributed by atoms with E-state index in [1.807, 2.05) is 18.2 Å². The number of carbonyl (C=O) groups is 2. The lowest BCUT2D eigenvalue weighted by Crippen LogP contribution is -2.32. The Morgan fingerprint density at radius 3 is 3.03 bits per heavy atom. The fourth-order valence-corrected chi connectivity index (χ4v) is 3.61. The van der Waals surface area contributed by atoms with Crippen molar-refractivity contribution in [1.82, 2.24) is 30.4 Å². The summed E-state index contributed by atoms with van der Waals surface area (Å²) in [5.74, 6) is 1.21. The molecule has 0 fully saturated rings. The van der Waals surface area contributed by atoms with Gasteiger partial charge in [-0.3, -0.25) is 9.59 Å². The van der Waals surface area contributed by atoms with Crippen molar-refractivity contribution in [2.45, 2.75) is 45.2 Å². The van der Waals surface area contributed by atoms with Crippen LogP contribution in [0, 0.1) is 5.92 Å². The minimum absolute atomic E-state index is 0.0486. The lowest BCUT2D eigenvalue weighted by molar-refractivity contribution is -0.121. The molecule has 0 saturated heterocycles. The minimum atomic E-state index is -0.205. The summed E-state index contributed by atoms with van der Waals surface area (Å²) in [6.45, 7) is 2.30. The summed E-state index contributed by atoms with van der Waals surface area (Å²) in [4.78, 5) is 32.3. The van der Waals surface area contributed by atoms with Crippen LogP contribution in [0.15, 0.2) is 42.4 Å². The van der Waals surface area contributed by atoms with Gasteiger partial charge in [-0.15, -0.1) is 0 Å². The Bertz CT molecular complexity index is 1020. The number of nitrogens with one attached hydrogen (secondary N) is 2. The summed E-state index contributed by atoms with van der Waals surface area (Å²) >= 11 is 0. The number of hydrogen-bond acceptors (Lipinski definition) is 5. The first-order valence-electron chi connectivity index (χ1n) is 9.88. The Labute approximate surface area is 168 Å². The van der Waals surface area contributed by atoms with Gasteiger partial charge in [0.2, 0.25) is 12.3 Å². The van der Waals surface area contributed by atoms with Gasteiger partial charge < -0.3 is 10.6 Å². The summed E-state index contributed by atoms with van der Waals surface area (Å²) in [6.07, 6.45) is 15.7. The number of hydrogen-bond donors (Lipinski definition) is 2. The summed E-state index contributed by atoms with van der Waals surface area (Å²) in [5, 5.41) is 10.7. The van der Waals surface area contributed by atoms with E-state index in [1.54, 1.807) is 17.1 Å². The second-order valence-corrected chi connectivity index (χ2v) is 7.58. The minimum Gasteiger partial charge on any atom is -0.352 e. The zero-order chi connectivity index (χ0) is 20.2. The average Bonchev–Trinajstić information content (AvgIpc) is 3.11. The molecule has 0 radical (unpaired) electrons. The molecule has 2 amide bonds. The Hall–Kier alpha value is -3.29. The van der Waals surface area contributed by atoms with Crippen molar-refractivity contribution in [2.24, 2.45) is 5.92 Å². The number of aromatic nitrogens is 4. The second kappa shape index (κ2) is 8.38. The smallest absolute Gasteiger partial charge is 0.246 e. The predicted octanol–water partition coefficient (Wildman–Crippen LogP) is 2.10. The zero-order valence-corrected chi connectivity index (χ0v) is 16.3. The molecule has 0 aliphatic heterocycles. The molecule has 8 heteroatoms. The lowest BCUT2D eigenvalue weighted by atomic mass is 9.91. The van der Waals surface area contributed by atoms with Crippen LogP contribution in [0.3, 0.4) is 0 Å². The van der Waals surface area contributed by atoms with Crippen LogP contribution in [0.25, 0.3) is 16.6 Å². The number of amides is 2. The van der Waals surface area contributed by atoms with Gasteiger partial charge in [-0.05, 0) is 49.3 Å². The molecule has 2 unspecified atom stereocenters. The van der Waals surface area contributed by atoms with Crippen molar-refractivity contribution in [3.8, 4) is 0 Å². The van der Waals surface area contributed by atoms with E-state index < -0.39 is 0 Å². The predicted molar refractivity (Wildman–Crippen MR) is 109 cm³/mol. The summed E-state index contributed by atoms with van der Waals surface area (Å²) in [7, 11) is 0. The lowest BCUT2D eigenvalue weighted by Gasteiger charge is -2.17. The fraction of sp³-hybridized carbons (Fsp3) is 0.381. The van der Waals surface area contributed by atoms with E-state index in [9.17, 15) is 9.59 Å². The van der Waals surface area contributed by atoms with Crippen LogP contribution in [0.4, 0.5) is 0 Å². The third-order valence-electron chi connectivity index (χ3n) is 5.26. The van der Waals surface area contributed by atoms with E-state index in [2.05, 4.69) is 38.7 Å². The Morgan fingerprint density at radius 2 is 2.24 bits per heavy atom. The van der Waals surface area contributed by atoms with Crippen LogP contribution < -0.4 is 10.6 Å². The highest BCUT2D eigenvalue weighted by Gasteiger charge is 2.17. The van der Waals surface area contributed by atoms with Gasteiger partial charge in [-0.1, -0.05) is 19.1 Å². The van der Waals surface area contributed by atoms with Gasteiger partial charge in [-0.25, -0.2) is 14.6 Å². The first-order chi connectivity index (χ1) is 14.1. The van der Waals surface area contributed by atoms with Gasteiger partial charge in [0.25, 0.3) is 0 Å². The van der Waals surface area contributed by atoms with Crippen LogP contribution >= 0.6 is 0 Å². The van der Waals surface area contributed by atoms with Crippen LogP contribution in [-0.4, -0.2) is 38.1 Å². The molecule has 2 aliphatic rings. The molecular weight excluding hydrogens is 368 g/mol. The monoisotopic (exact) mass is 392 g/mol. The number of rotatable bonds is 6. The molecule has 8 nitrogen and oxygen atoms in total. The van der Waals surface area contributed by atoms with E-state index in [0.717, 1.165) is 30.2 Å². The van der Waals surface area contributed by atoms with Crippen molar-refractivity contribution < 1.29 is 9.59 Å². The van der Waals surface area contributed by atoms with Crippen LogP contribution in [-0.2, 0) is 16.1 Å². The van der Waals surface area contributed by atoms with Crippen LogP contribution in [0.2, 0.25) is 0 Å². The molecule has 150 valence electrons. The third kappa shape index (κ3) is 4.42. The Morgan fingerprint density at radius 1 is 1.34 bits per heavy atom. The van der Waals surface area contributed by atoms with Gasteiger partial charge in [0, 0.05) is 11.9 Å². The Balaban J connectivity index is 1.49. The van der Waals surface area contributed by atoms with E-state index in [-0.39, 0.29) is 18.5 Å². The van der Waals surface area contributed by atoms with Gasteiger partial charge in [0.1, 0.15) is 6.54 Å². The van der Waals surface area contributed by atoms with Crippen molar-refractivity contribution >= 4 is 28.9 Å². The number of allylic oxidation sites excluding steroid dienone is 3. The summed E-state index contributed by atoms with van der Waals surface area (Å²) in [5.41, 5.74) is 2.47. The normalized spacial score (nSPS) is 21.4. The highest BCUT2D eigenvalue weighted by Crippen LogP contribution is 2.28. The first kappa shape index (κ1) is 19.0. The third-order valence-corrected chi connectivity index (χ3v) is 5.26. The SMILES string of the molecule is CC1CC=C(c2ncc3cnn(CC(=O)NC4=CC(NC=O)CC=C4)c3n2)CC1. The summed E-state index contributed by atoms with van der Waals surface area (Å²) in [6, 6.07) is -0.111. The molecular formula is C21H24N6O2. The van der Waals surface area contributed by atoms with E-state index >= 15 is 0 Å². The van der Waals surface area contributed by atoms with Gasteiger partial charge in [0.15, 0.2) is 11.5 Å². The maximum atomic E-state index is 12.5. The highest BCUT2D eigenvalue weighted by atomic mass is 16.2. The van der Waals surface area contributed by atoms with Crippen LogP contribution in [0.5, 0.6) is 0 Å². The topological polar surface area (TPSA) is 102 Å². The first-order valence-corrected chi connectivity index (χ1v) is 9.88. The van der Waals surface area contributed by atoms with E-state index in [1.165, 1.54) is 0 Å². The highest BCUT2D eigenvalue weighted by molar-refractivity contribution is 5.81. The van der Waals surface area contributed by atoms with E-state index in [0.29, 0.717) is 35.9 Å². The van der Waals surface area contributed by atoms with Crippen molar-refractivity contribution in [3.05, 3.63) is 48.2 Å². The number of nitrogens with zero attached hydrogens (tertiary/aromatic N) is 4. The van der Waals surface area contributed by atoms with Crippen molar-refractivity contribution in [1.29, 1.82) is 0 Å².